The molecule has 1 aromatic rings. The summed E-state index contributed by atoms with van der Waals surface area (Å²) in [5.41, 5.74) is 0.961. The molecule has 0 bridgehead atoms. The van der Waals surface area contributed by atoms with Gasteiger partial charge in [-0.15, -0.1) is 0 Å². The molecule has 0 aliphatic heterocycles. The number of hydrogen-bond acceptors (Lipinski definition) is 0. The van der Waals surface area contributed by atoms with Gasteiger partial charge in [0.25, 0.3) is 0 Å². The van der Waals surface area contributed by atoms with Crippen LogP contribution in [-0.2, 0) is 0 Å². The molecule has 0 nitrogen and oxygen atoms in total. The molecular formula is C23H31F3. The van der Waals surface area contributed by atoms with E-state index in [1.54, 1.807) is 12.1 Å². The van der Waals surface area contributed by atoms with Crippen LogP contribution in [0.2, 0.25) is 0 Å². The molecule has 3 rings (SSSR count). The van der Waals surface area contributed by atoms with Crippen molar-refractivity contribution in [1.82, 2.24) is 0 Å². The van der Waals surface area contributed by atoms with Crippen molar-refractivity contribution >= 4 is 0 Å². The van der Waals surface area contributed by atoms with E-state index >= 15 is 0 Å². The lowest BCUT2D eigenvalue weighted by Gasteiger charge is -2.32. The third-order valence-electron chi connectivity index (χ3n) is 6.77. The molecule has 0 radical (unpaired) electrons. The van der Waals surface area contributed by atoms with Crippen LogP contribution in [-0.4, -0.2) is 0 Å². The van der Waals surface area contributed by atoms with E-state index in [2.05, 4.69) is 0 Å². The van der Waals surface area contributed by atoms with Gasteiger partial charge in [-0.25, -0.2) is 13.2 Å². The van der Waals surface area contributed by atoms with Crippen LogP contribution in [0.25, 0.3) is 0 Å². The monoisotopic (exact) mass is 364 g/mol. The first-order valence-corrected chi connectivity index (χ1v) is 10.4. The average Bonchev–Trinajstić information content (AvgIpc) is 2.68. The van der Waals surface area contributed by atoms with E-state index in [0.29, 0.717) is 18.2 Å². The van der Waals surface area contributed by atoms with Gasteiger partial charge < -0.3 is 0 Å². The van der Waals surface area contributed by atoms with Crippen LogP contribution in [0.1, 0.15) is 82.1 Å². The highest BCUT2D eigenvalue weighted by Gasteiger charge is 2.25. The quantitative estimate of drug-likeness (QED) is 0.485. The Hall–Kier alpha value is -1.25. The van der Waals surface area contributed by atoms with Gasteiger partial charge in [-0.2, -0.15) is 0 Å². The molecule has 0 amide bonds. The van der Waals surface area contributed by atoms with Crippen LogP contribution in [0.15, 0.2) is 30.6 Å². The molecule has 2 fully saturated rings. The van der Waals surface area contributed by atoms with Gasteiger partial charge in [-0.05, 0) is 86.3 Å². The summed E-state index contributed by atoms with van der Waals surface area (Å²) in [6.07, 6.45) is 15.6. The van der Waals surface area contributed by atoms with Gasteiger partial charge in [0, 0.05) is 0 Å². The molecular weight excluding hydrogens is 333 g/mol. The Kier molecular flexibility index (Phi) is 7.22. The molecule has 0 N–H and O–H groups in total. The zero-order valence-electron chi connectivity index (χ0n) is 15.6. The zero-order chi connectivity index (χ0) is 18.4. The zero-order valence-corrected chi connectivity index (χ0v) is 15.6. The third kappa shape index (κ3) is 5.37. The predicted octanol–water partition coefficient (Wildman–Crippen LogP) is 7.70. The van der Waals surface area contributed by atoms with Crippen molar-refractivity contribution < 1.29 is 13.2 Å². The Morgan fingerprint density at radius 1 is 0.769 bits per heavy atom. The van der Waals surface area contributed by atoms with E-state index in [9.17, 15) is 13.2 Å². The summed E-state index contributed by atoms with van der Waals surface area (Å²) in [7, 11) is 0. The second-order valence-corrected chi connectivity index (χ2v) is 8.45. The minimum atomic E-state index is -0.752. The Labute approximate surface area is 155 Å². The van der Waals surface area contributed by atoms with Gasteiger partial charge in [-0.3, -0.25) is 0 Å². The van der Waals surface area contributed by atoms with Crippen molar-refractivity contribution in [2.24, 2.45) is 17.8 Å². The topological polar surface area (TPSA) is 0 Å². The highest BCUT2D eigenvalue weighted by atomic mass is 19.2. The molecule has 2 aliphatic carbocycles. The van der Waals surface area contributed by atoms with Crippen molar-refractivity contribution in [3.8, 4) is 0 Å². The Balaban J connectivity index is 1.36. The van der Waals surface area contributed by atoms with Gasteiger partial charge in [0.15, 0.2) is 11.6 Å². The van der Waals surface area contributed by atoms with Crippen molar-refractivity contribution in [3.63, 3.8) is 0 Å². The molecule has 0 spiro atoms. The number of halogens is 3. The third-order valence-corrected chi connectivity index (χ3v) is 6.77. The summed E-state index contributed by atoms with van der Waals surface area (Å²) in [5.74, 6) is 1.25. The van der Waals surface area contributed by atoms with Gasteiger partial charge in [-0.1, -0.05) is 37.8 Å². The molecule has 2 aliphatic rings. The number of hydrogen-bond donors (Lipinski definition) is 0. The number of rotatable bonds is 6. The van der Waals surface area contributed by atoms with Crippen LogP contribution in [0.4, 0.5) is 13.2 Å². The first-order chi connectivity index (χ1) is 12.7. The Bertz CT molecular complexity index is 579. The van der Waals surface area contributed by atoms with Crippen molar-refractivity contribution in [3.05, 3.63) is 47.8 Å². The highest BCUT2D eigenvalue weighted by Crippen LogP contribution is 2.40. The van der Waals surface area contributed by atoms with E-state index in [0.717, 1.165) is 36.7 Å². The van der Waals surface area contributed by atoms with E-state index in [1.807, 2.05) is 0 Å². The molecule has 0 aromatic heterocycles. The molecule has 1 aromatic carbocycles. The van der Waals surface area contributed by atoms with E-state index in [-0.39, 0.29) is 0 Å². The lowest BCUT2D eigenvalue weighted by atomic mass is 9.74. The Morgan fingerprint density at radius 3 is 1.92 bits per heavy atom. The SMILES string of the molecule is FC=CC[C@H]1CC[C@H](CC[C@H]2CC[C@H](c3ccc(F)c(F)c3)CC2)CC1. The van der Waals surface area contributed by atoms with Crippen LogP contribution >= 0.6 is 0 Å². The van der Waals surface area contributed by atoms with Crippen molar-refractivity contribution in [2.45, 2.75) is 76.5 Å². The van der Waals surface area contributed by atoms with Gasteiger partial charge in [0.2, 0.25) is 0 Å². The fourth-order valence-electron chi connectivity index (χ4n) is 5.02. The smallest absolute Gasteiger partial charge is 0.159 e. The summed E-state index contributed by atoms with van der Waals surface area (Å²) in [4.78, 5) is 0. The highest BCUT2D eigenvalue weighted by molar-refractivity contribution is 5.22. The largest absolute Gasteiger partial charge is 0.216 e. The van der Waals surface area contributed by atoms with Crippen LogP contribution < -0.4 is 0 Å². The second kappa shape index (κ2) is 9.62. The maximum Gasteiger partial charge on any atom is 0.159 e. The summed E-state index contributed by atoms with van der Waals surface area (Å²) in [6, 6.07) is 4.40. The molecule has 2 saturated carbocycles. The molecule has 0 unspecified atom stereocenters. The van der Waals surface area contributed by atoms with Crippen LogP contribution in [0.5, 0.6) is 0 Å². The van der Waals surface area contributed by atoms with Gasteiger partial charge in [0.05, 0.1) is 6.33 Å². The number of benzene rings is 1. The molecule has 0 saturated heterocycles. The maximum absolute atomic E-state index is 13.4. The first kappa shape index (κ1) is 19.5. The number of allylic oxidation sites excluding steroid dienone is 1. The fraction of sp³-hybridized carbons (Fsp3) is 0.652. The summed E-state index contributed by atoms with van der Waals surface area (Å²) >= 11 is 0. The van der Waals surface area contributed by atoms with Crippen LogP contribution in [0, 0.1) is 29.4 Å². The maximum atomic E-state index is 13.4. The van der Waals surface area contributed by atoms with Gasteiger partial charge >= 0.3 is 0 Å². The Morgan fingerprint density at radius 2 is 1.35 bits per heavy atom. The normalized spacial score (nSPS) is 30.0. The van der Waals surface area contributed by atoms with Crippen molar-refractivity contribution in [2.75, 3.05) is 0 Å². The van der Waals surface area contributed by atoms with Crippen molar-refractivity contribution in [1.29, 1.82) is 0 Å². The fourth-order valence-corrected chi connectivity index (χ4v) is 5.02. The van der Waals surface area contributed by atoms with Gasteiger partial charge in [0.1, 0.15) is 0 Å². The molecule has 3 heteroatoms. The molecule has 0 atom stereocenters. The lowest BCUT2D eigenvalue weighted by Crippen LogP contribution is -2.17. The first-order valence-electron chi connectivity index (χ1n) is 10.4. The van der Waals surface area contributed by atoms with E-state index < -0.39 is 11.6 Å². The molecule has 144 valence electrons. The summed E-state index contributed by atoms with van der Waals surface area (Å²) in [6.45, 7) is 0. The average molecular weight is 364 g/mol. The molecule has 26 heavy (non-hydrogen) atoms. The lowest BCUT2D eigenvalue weighted by molar-refractivity contribution is 0.231. The summed E-state index contributed by atoms with van der Waals surface area (Å²) < 4.78 is 38.6. The minimum Gasteiger partial charge on any atom is -0.216 e. The second-order valence-electron chi connectivity index (χ2n) is 8.45. The minimum absolute atomic E-state index is 0.389. The summed E-state index contributed by atoms with van der Waals surface area (Å²) in [5, 5.41) is 0. The standard InChI is InChI=1S/C23H31F3/c24-15-1-2-17-3-5-18(6-4-17)7-8-19-9-11-20(12-10-19)21-13-14-22(25)23(26)16-21/h1,13-20H,2-12H2/t17-,18-,19-,20-. The molecule has 0 heterocycles. The van der Waals surface area contributed by atoms with E-state index in [4.69, 9.17) is 0 Å². The van der Waals surface area contributed by atoms with Crippen LogP contribution in [0.3, 0.4) is 0 Å². The predicted molar refractivity (Wildman–Crippen MR) is 101 cm³/mol. The van der Waals surface area contributed by atoms with E-state index in [1.165, 1.54) is 63.5 Å².